The summed E-state index contributed by atoms with van der Waals surface area (Å²) in [5.74, 6) is 1.52. The third kappa shape index (κ3) is 4.46. The second-order valence-corrected chi connectivity index (χ2v) is 9.56. The van der Waals surface area contributed by atoms with E-state index in [1.54, 1.807) is 0 Å². The lowest BCUT2D eigenvalue weighted by molar-refractivity contribution is 0.461. The molecule has 30 heavy (non-hydrogen) atoms. The molecule has 0 fully saturated rings. The molecule has 7 heteroatoms. The number of hydrogen-bond acceptors (Lipinski definition) is 7. The third-order valence-corrected chi connectivity index (χ3v) is 5.69. The van der Waals surface area contributed by atoms with Crippen molar-refractivity contribution in [2.24, 2.45) is 0 Å². The molecule has 0 amide bonds. The van der Waals surface area contributed by atoms with Crippen LogP contribution in [0.3, 0.4) is 0 Å². The molecule has 0 saturated heterocycles. The van der Waals surface area contributed by atoms with Crippen molar-refractivity contribution in [3.05, 3.63) is 65.5 Å². The van der Waals surface area contributed by atoms with Crippen LogP contribution in [0.25, 0.3) is 22.9 Å². The van der Waals surface area contributed by atoms with Gasteiger partial charge in [-0.05, 0) is 49.1 Å². The molecule has 0 aliphatic heterocycles. The maximum atomic E-state index is 5.85. The normalized spacial score (nSPS) is 12.8. The minimum atomic E-state index is -0.117. The Hall–Kier alpha value is -2.93. The lowest BCUT2D eigenvalue weighted by Gasteiger charge is -2.18. The summed E-state index contributed by atoms with van der Waals surface area (Å²) in [5, 5.41) is 17.0. The average molecular weight is 421 g/mol. The van der Waals surface area contributed by atoms with Crippen molar-refractivity contribution in [3.8, 4) is 22.9 Å². The highest BCUT2D eigenvalue weighted by atomic mass is 32.2. The van der Waals surface area contributed by atoms with Crippen LogP contribution in [0.5, 0.6) is 0 Å². The van der Waals surface area contributed by atoms with Gasteiger partial charge in [-0.15, -0.1) is 20.4 Å². The Morgan fingerprint density at radius 2 is 1.33 bits per heavy atom. The zero-order chi connectivity index (χ0) is 21.3. The third-order valence-electron chi connectivity index (χ3n) is 4.77. The van der Waals surface area contributed by atoms with Crippen molar-refractivity contribution < 1.29 is 8.83 Å². The summed E-state index contributed by atoms with van der Waals surface area (Å²) in [6.07, 6.45) is 0. The van der Waals surface area contributed by atoms with E-state index in [2.05, 4.69) is 53.3 Å². The van der Waals surface area contributed by atoms with E-state index in [-0.39, 0.29) is 10.7 Å². The molecule has 0 aliphatic rings. The largest absolute Gasteiger partial charge is 0.419 e. The van der Waals surface area contributed by atoms with Crippen LogP contribution in [-0.2, 0) is 5.41 Å². The van der Waals surface area contributed by atoms with E-state index in [0.717, 1.165) is 11.1 Å². The molecule has 0 aliphatic carbocycles. The molecular formula is C23H24N4O2S. The zero-order valence-electron chi connectivity index (χ0n) is 17.7. The molecule has 0 bridgehead atoms. The molecule has 1 atom stereocenters. The molecule has 2 aromatic carbocycles. The molecule has 0 N–H and O–H groups in total. The molecule has 0 radical (unpaired) electrons. The van der Waals surface area contributed by atoms with Crippen molar-refractivity contribution in [3.63, 3.8) is 0 Å². The SMILES string of the molecule is Cc1ccc(-c2nnc(C(C)Sc3nnc(-c4ccc(C(C)(C)C)cc4)o3)o2)cc1. The number of benzene rings is 2. The van der Waals surface area contributed by atoms with Gasteiger partial charge in [-0.2, -0.15) is 0 Å². The van der Waals surface area contributed by atoms with Gasteiger partial charge in [0.2, 0.25) is 17.7 Å². The Labute approximate surface area is 180 Å². The van der Waals surface area contributed by atoms with Crippen LogP contribution >= 0.6 is 11.8 Å². The first-order valence-electron chi connectivity index (χ1n) is 9.81. The first kappa shape index (κ1) is 20.3. The van der Waals surface area contributed by atoms with Crippen LogP contribution < -0.4 is 0 Å². The van der Waals surface area contributed by atoms with Crippen LogP contribution in [-0.4, -0.2) is 20.4 Å². The van der Waals surface area contributed by atoms with Crippen molar-refractivity contribution in [2.75, 3.05) is 0 Å². The highest BCUT2D eigenvalue weighted by Crippen LogP contribution is 2.35. The van der Waals surface area contributed by atoms with Gasteiger partial charge >= 0.3 is 0 Å². The quantitative estimate of drug-likeness (QED) is 0.353. The summed E-state index contributed by atoms with van der Waals surface area (Å²) >= 11 is 1.39. The average Bonchev–Trinajstić information content (AvgIpc) is 3.38. The molecule has 2 aromatic heterocycles. The number of aromatic nitrogens is 4. The highest BCUT2D eigenvalue weighted by molar-refractivity contribution is 7.99. The van der Waals surface area contributed by atoms with Crippen molar-refractivity contribution in [1.29, 1.82) is 0 Å². The maximum Gasteiger partial charge on any atom is 0.277 e. The predicted octanol–water partition coefficient (Wildman–Crippen LogP) is 6.25. The van der Waals surface area contributed by atoms with Gasteiger partial charge in [-0.25, -0.2) is 0 Å². The highest BCUT2D eigenvalue weighted by Gasteiger charge is 2.20. The van der Waals surface area contributed by atoms with Crippen LogP contribution in [0.4, 0.5) is 0 Å². The minimum absolute atomic E-state index is 0.103. The van der Waals surface area contributed by atoms with E-state index in [0.29, 0.717) is 22.9 Å². The minimum Gasteiger partial charge on any atom is -0.419 e. The molecule has 154 valence electrons. The van der Waals surface area contributed by atoms with Gasteiger partial charge in [0.25, 0.3) is 5.22 Å². The van der Waals surface area contributed by atoms with Crippen molar-refractivity contribution >= 4 is 11.8 Å². The van der Waals surface area contributed by atoms with Crippen LogP contribution in [0.2, 0.25) is 0 Å². The fraction of sp³-hybridized carbons (Fsp3) is 0.304. The summed E-state index contributed by atoms with van der Waals surface area (Å²) in [6, 6.07) is 16.2. The predicted molar refractivity (Wildman–Crippen MR) is 117 cm³/mol. The Bertz CT molecular complexity index is 1130. The van der Waals surface area contributed by atoms with Gasteiger partial charge in [0.1, 0.15) is 0 Å². The van der Waals surface area contributed by atoms with Crippen molar-refractivity contribution in [1.82, 2.24) is 20.4 Å². The first-order chi connectivity index (χ1) is 14.3. The van der Waals surface area contributed by atoms with Gasteiger partial charge in [-0.3, -0.25) is 0 Å². The topological polar surface area (TPSA) is 77.8 Å². The van der Waals surface area contributed by atoms with E-state index in [9.17, 15) is 0 Å². The molecular weight excluding hydrogens is 396 g/mol. The van der Waals surface area contributed by atoms with Crippen LogP contribution in [0.15, 0.2) is 62.6 Å². The number of nitrogens with zero attached hydrogens (tertiary/aromatic N) is 4. The Balaban J connectivity index is 1.45. The number of hydrogen-bond donors (Lipinski definition) is 0. The summed E-state index contributed by atoms with van der Waals surface area (Å²) < 4.78 is 11.7. The van der Waals surface area contributed by atoms with E-state index < -0.39 is 0 Å². The summed E-state index contributed by atoms with van der Waals surface area (Å²) in [5.41, 5.74) is 4.34. The Morgan fingerprint density at radius 1 is 0.767 bits per heavy atom. The first-order valence-corrected chi connectivity index (χ1v) is 10.7. The second kappa shape index (κ2) is 8.07. The van der Waals surface area contributed by atoms with E-state index >= 15 is 0 Å². The summed E-state index contributed by atoms with van der Waals surface area (Å²) in [4.78, 5) is 0. The van der Waals surface area contributed by atoms with Gasteiger partial charge in [0.15, 0.2) is 0 Å². The molecule has 2 heterocycles. The number of aryl methyl sites for hydroxylation is 1. The van der Waals surface area contributed by atoms with E-state index in [1.165, 1.54) is 22.9 Å². The smallest absolute Gasteiger partial charge is 0.277 e. The number of thioether (sulfide) groups is 1. The standard InChI is InChI=1S/C23H24N4O2S/c1-14-6-8-16(9-7-14)20-25-24-19(28-20)15(2)30-22-27-26-21(29-22)17-10-12-18(13-11-17)23(3,4)5/h6-13,15H,1-5H3. The Morgan fingerprint density at radius 3 is 1.97 bits per heavy atom. The molecule has 4 aromatic rings. The van der Waals surface area contributed by atoms with Crippen molar-refractivity contribution in [2.45, 2.75) is 50.5 Å². The van der Waals surface area contributed by atoms with E-state index in [1.807, 2.05) is 50.2 Å². The lowest BCUT2D eigenvalue weighted by atomic mass is 9.87. The molecule has 0 saturated carbocycles. The second-order valence-electron chi connectivity index (χ2n) is 8.27. The molecule has 1 unspecified atom stereocenters. The fourth-order valence-corrected chi connectivity index (χ4v) is 3.61. The van der Waals surface area contributed by atoms with Crippen LogP contribution in [0.1, 0.15) is 50.0 Å². The maximum absolute atomic E-state index is 5.85. The molecule has 6 nitrogen and oxygen atoms in total. The fourth-order valence-electron chi connectivity index (χ4n) is 2.90. The Kier molecular flexibility index (Phi) is 5.47. The molecule has 4 rings (SSSR count). The van der Waals surface area contributed by atoms with Crippen LogP contribution in [0, 0.1) is 6.92 Å². The van der Waals surface area contributed by atoms with Gasteiger partial charge < -0.3 is 8.83 Å². The van der Waals surface area contributed by atoms with Gasteiger partial charge in [0, 0.05) is 11.1 Å². The van der Waals surface area contributed by atoms with E-state index in [4.69, 9.17) is 8.83 Å². The van der Waals surface area contributed by atoms with Gasteiger partial charge in [0.05, 0.1) is 5.25 Å². The lowest BCUT2D eigenvalue weighted by Crippen LogP contribution is -2.10. The zero-order valence-corrected chi connectivity index (χ0v) is 18.5. The summed E-state index contributed by atoms with van der Waals surface area (Å²) in [7, 11) is 0. The van der Waals surface area contributed by atoms with Gasteiger partial charge in [-0.1, -0.05) is 62.4 Å². The number of rotatable bonds is 5. The summed E-state index contributed by atoms with van der Waals surface area (Å²) in [6.45, 7) is 10.6. The monoisotopic (exact) mass is 420 g/mol. The molecule has 0 spiro atoms.